The van der Waals surface area contributed by atoms with Crippen molar-refractivity contribution in [2.75, 3.05) is 0 Å². The Labute approximate surface area is 91.1 Å². The Bertz CT molecular complexity index is 375. The molecule has 2 unspecified atom stereocenters. The third kappa shape index (κ3) is 2.22. The lowest BCUT2D eigenvalue weighted by Crippen LogP contribution is -2.26. The zero-order valence-corrected chi connectivity index (χ0v) is 8.82. The second kappa shape index (κ2) is 4.51. The minimum atomic E-state index is -0.330. The Kier molecular flexibility index (Phi) is 3.08. The van der Waals surface area contributed by atoms with Crippen molar-refractivity contribution in [2.24, 2.45) is 5.92 Å². The van der Waals surface area contributed by atoms with Crippen LogP contribution in [0.2, 0.25) is 0 Å². The lowest BCUT2D eigenvalue weighted by molar-refractivity contribution is 0.104. The Morgan fingerprint density at radius 2 is 2.13 bits per heavy atom. The zero-order chi connectivity index (χ0) is 10.7. The van der Waals surface area contributed by atoms with Crippen LogP contribution in [0.3, 0.4) is 0 Å². The number of aliphatic hydroxyl groups is 1. The molecule has 1 aromatic carbocycles. The van der Waals surface area contributed by atoms with E-state index in [1.165, 1.54) is 11.1 Å². The van der Waals surface area contributed by atoms with E-state index in [4.69, 9.17) is 6.42 Å². The fourth-order valence-electron chi connectivity index (χ4n) is 2.34. The van der Waals surface area contributed by atoms with E-state index in [-0.39, 0.29) is 6.10 Å². The summed E-state index contributed by atoms with van der Waals surface area (Å²) in [5, 5.41) is 9.86. The normalized spacial score (nSPS) is 21.5. The summed E-state index contributed by atoms with van der Waals surface area (Å²) in [5.41, 5.74) is 2.81. The largest absolute Gasteiger partial charge is 0.392 e. The smallest absolute Gasteiger partial charge is 0.0680 e. The van der Waals surface area contributed by atoms with Crippen molar-refractivity contribution in [2.45, 2.75) is 31.8 Å². The van der Waals surface area contributed by atoms with Crippen LogP contribution in [0.25, 0.3) is 0 Å². The number of aryl methyl sites for hydroxylation is 1. The SMILES string of the molecule is C#CCC(O)C1CCc2ccccc2C1. The third-order valence-electron chi connectivity index (χ3n) is 3.26. The first kappa shape index (κ1) is 10.3. The predicted molar refractivity (Wildman–Crippen MR) is 61.4 cm³/mol. The van der Waals surface area contributed by atoms with Gasteiger partial charge in [0.2, 0.25) is 0 Å². The van der Waals surface area contributed by atoms with Crippen LogP contribution in [0.5, 0.6) is 0 Å². The number of hydrogen-bond donors (Lipinski definition) is 1. The monoisotopic (exact) mass is 200 g/mol. The fourth-order valence-corrected chi connectivity index (χ4v) is 2.34. The molecule has 0 spiro atoms. The van der Waals surface area contributed by atoms with Crippen LogP contribution >= 0.6 is 0 Å². The molecule has 0 saturated carbocycles. The van der Waals surface area contributed by atoms with E-state index in [0.29, 0.717) is 12.3 Å². The molecule has 0 heterocycles. The average molecular weight is 200 g/mol. The van der Waals surface area contributed by atoms with Crippen molar-refractivity contribution in [3.63, 3.8) is 0 Å². The van der Waals surface area contributed by atoms with E-state index in [1.807, 2.05) is 0 Å². The predicted octanol–water partition coefficient (Wildman–Crippen LogP) is 2.18. The highest BCUT2D eigenvalue weighted by Crippen LogP contribution is 2.28. The van der Waals surface area contributed by atoms with Crippen LogP contribution in [0.4, 0.5) is 0 Å². The van der Waals surface area contributed by atoms with Gasteiger partial charge in [0.25, 0.3) is 0 Å². The molecule has 1 aliphatic rings. The van der Waals surface area contributed by atoms with Crippen molar-refractivity contribution in [1.29, 1.82) is 0 Å². The second-order valence-electron chi connectivity index (χ2n) is 4.25. The first-order chi connectivity index (χ1) is 7.31. The van der Waals surface area contributed by atoms with Gasteiger partial charge in [-0.25, -0.2) is 0 Å². The maximum atomic E-state index is 9.86. The van der Waals surface area contributed by atoms with Crippen LogP contribution < -0.4 is 0 Å². The highest BCUT2D eigenvalue weighted by Gasteiger charge is 2.23. The molecule has 2 rings (SSSR count). The molecule has 1 N–H and O–H groups in total. The lowest BCUT2D eigenvalue weighted by atomic mass is 9.80. The molecule has 1 aliphatic carbocycles. The molecule has 15 heavy (non-hydrogen) atoms. The topological polar surface area (TPSA) is 20.2 Å². The van der Waals surface area contributed by atoms with Gasteiger partial charge < -0.3 is 5.11 Å². The Balaban J connectivity index is 2.09. The Hall–Kier alpha value is -1.26. The summed E-state index contributed by atoms with van der Waals surface area (Å²) in [6, 6.07) is 8.48. The van der Waals surface area contributed by atoms with Gasteiger partial charge in [-0.1, -0.05) is 24.3 Å². The Morgan fingerprint density at radius 1 is 1.40 bits per heavy atom. The van der Waals surface area contributed by atoms with Crippen LogP contribution in [-0.2, 0) is 12.8 Å². The maximum absolute atomic E-state index is 9.86. The van der Waals surface area contributed by atoms with E-state index < -0.39 is 0 Å². The summed E-state index contributed by atoms with van der Waals surface area (Å²) in [6.45, 7) is 0. The summed E-state index contributed by atoms with van der Waals surface area (Å²) in [5.74, 6) is 2.88. The number of fused-ring (bicyclic) bond motifs is 1. The zero-order valence-electron chi connectivity index (χ0n) is 8.82. The first-order valence-electron chi connectivity index (χ1n) is 5.49. The number of benzene rings is 1. The molecule has 2 atom stereocenters. The van der Waals surface area contributed by atoms with Crippen molar-refractivity contribution in [3.05, 3.63) is 35.4 Å². The molecule has 0 aliphatic heterocycles. The molecule has 0 aromatic heterocycles. The summed E-state index contributed by atoms with van der Waals surface area (Å²) in [6.07, 6.45) is 8.47. The number of hydrogen-bond acceptors (Lipinski definition) is 1. The van der Waals surface area contributed by atoms with E-state index >= 15 is 0 Å². The fraction of sp³-hybridized carbons (Fsp3) is 0.429. The van der Waals surface area contributed by atoms with E-state index in [1.54, 1.807) is 0 Å². The number of terminal acetylenes is 1. The first-order valence-corrected chi connectivity index (χ1v) is 5.49. The number of rotatable bonds is 2. The van der Waals surface area contributed by atoms with E-state index in [0.717, 1.165) is 19.3 Å². The quantitative estimate of drug-likeness (QED) is 0.725. The average Bonchev–Trinajstić information content (AvgIpc) is 2.29. The minimum absolute atomic E-state index is 0.330. The van der Waals surface area contributed by atoms with Gasteiger partial charge in [0, 0.05) is 6.42 Å². The van der Waals surface area contributed by atoms with Crippen LogP contribution in [0.1, 0.15) is 24.0 Å². The lowest BCUT2D eigenvalue weighted by Gasteiger charge is -2.27. The van der Waals surface area contributed by atoms with Gasteiger partial charge in [0.05, 0.1) is 6.10 Å². The highest BCUT2D eigenvalue weighted by atomic mass is 16.3. The van der Waals surface area contributed by atoms with Crippen LogP contribution in [-0.4, -0.2) is 11.2 Å². The summed E-state index contributed by atoms with van der Waals surface area (Å²) >= 11 is 0. The van der Waals surface area contributed by atoms with Gasteiger partial charge in [0.15, 0.2) is 0 Å². The maximum Gasteiger partial charge on any atom is 0.0680 e. The molecule has 1 nitrogen and oxygen atoms in total. The number of aliphatic hydroxyl groups excluding tert-OH is 1. The summed E-state index contributed by atoms with van der Waals surface area (Å²) in [7, 11) is 0. The van der Waals surface area contributed by atoms with Gasteiger partial charge in [-0.15, -0.1) is 12.3 Å². The molecule has 0 amide bonds. The molecule has 1 heteroatoms. The molecule has 78 valence electrons. The van der Waals surface area contributed by atoms with E-state index in [9.17, 15) is 5.11 Å². The summed E-state index contributed by atoms with van der Waals surface area (Å²) < 4.78 is 0. The minimum Gasteiger partial charge on any atom is -0.392 e. The van der Waals surface area contributed by atoms with Gasteiger partial charge in [-0.3, -0.25) is 0 Å². The van der Waals surface area contributed by atoms with Gasteiger partial charge in [0.1, 0.15) is 0 Å². The van der Waals surface area contributed by atoms with Crippen LogP contribution in [0, 0.1) is 18.3 Å². The van der Waals surface area contributed by atoms with Crippen molar-refractivity contribution >= 4 is 0 Å². The van der Waals surface area contributed by atoms with E-state index in [2.05, 4.69) is 30.2 Å². The van der Waals surface area contributed by atoms with Crippen molar-refractivity contribution in [1.82, 2.24) is 0 Å². The van der Waals surface area contributed by atoms with Crippen molar-refractivity contribution in [3.8, 4) is 12.3 Å². The molecule has 0 fully saturated rings. The summed E-state index contributed by atoms with van der Waals surface area (Å²) in [4.78, 5) is 0. The molecule has 1 aromatic rings. The third-order valence-corrected chi connectivity index (χ3v) is 3.26. The van der Waals surface area contributed by atoms with Crippen molar-refractivity contribution < 1.29 is 5.11 Å². The molecule has 0 radical (unpaired) electrons. The van der Waals surface area contributed by atoms with Gasteiger partial charge in [-0.2, -0.15) is 0 Å². The van der Waals surface area contributed by atoms with Crippen LogP contribution in [0.15, 0.2) is 24.3 Å². The Morgan fingerprint density at radius 3 is 2.87 bits per heavy atom. The molecular weight excluding hydrogens is 184 g/mol. The van der Waals surface area contributed by atoms with Gasteiger partial charge >= 0.3 is 0 Å². The standard InChI is InChI=1S/C14H16O/c1-2-5-14(15)13-9-8-11-6-3-4-7-12(11)10-13/h1,3-4,6-7,13-15H,5,8-10H2. The molecular formula is C14H16O. The highest BCUT2D eigenvalue weighted by molar-refractivity contribution is 5.29. The second-order valence-corrected chi connectivity index (χ2v) is 4.25. The molecule has 0 saturated heterocycles. The van der Waals surface area contributed by atoms with Gasteiger partial charge in [-0.05, 0) is 36.3 Å². The molecule has 0 bridgehead atoms.